The van der Waals surface area contributed by atoms with E-state index in [0.29, 0.717) is 37.2 Å². The molecule has 0 aliphatic carbocycles. The van der Waals surface area contributed by atoms with E-state index in [2.05, 4.69) is 15.0 Å². The molecule has 0 bridgehead atoms. The highest BCUT2D eigenvalue weighted by molar-refractivity contribution is 7.99. The third-order valence-corrected chi connectivity index (χ3v) is 6.55. The molecular formula is C22H21N7O3S. The van der Waals surface area contributed by atoms with E-state index in [-0.39, 0.29) is 17.3 Å². The molecule has 0 spiro atoms. The average molecular weight is 464 g/mol. The van der Waals surface area contributed by atoms with Gasteiger partial charge in [-0.15, -0.1) is 5.10 Å². The number of benzene rings is 2. The van der Waals surface area contributed by atoms with Gasteiger partial charge in [-0.1, -0.05) is 23.9 Å². The minimum absolute atomic E-state index is 0.0447. The van der Waals surface area contributed by atoms with Gasteiger partial charge in [-0.2, -0.15) is 4.52 Å². The van der Waals surface area contributed by atoms with Crippen molar-refractivity contribution in [1.82, 2.24) is 24.5 Å². The number of nitrogens with zero attached hydrogens (tertiary/aromatic N) is 7. The van der Waals surface area contributed by atoms with Crippen LogP contribution in [0.3, 0.4) is 0 Å². The third-order valence-electron chi connectivity index (χ3n) is 5.64. The molecule has 33 heavy (non-hydrogen) atoms. The maximum absolute atomic E-state index is 12.9. The van der Waals surface area contributed by atoms with E-state index in [1.165, 1.54) is 23.9 Å². The quantitative estimate of drug-likeness (QED) is 0.192. The van der Waals surface area contributed by atoms with Crippen LogP contribution in [-0.4, -0.2) is 67.2 Å². The summed E-state index contributed by atoms with van der Waals surface area (Å²) in [5, 5.41) is 16.9. The number of nitro groups is 1. The highest BCUT2D eigenvalue weighted by Crippen LogP contribution is 2.25. The number of para-hydroxylation sites is 1. The Bertz CT molecular complexity index is 1350. The van der Waals surface area contributed by atoms with Crippen LogP contribution in [0.15, 0.2) is 53.7 Å². The van der Waals surface area contributed by atoms with Crippen molar-refractivity contribution in [3.63, 3.8) is 0 Å². The summed E-state index contributed by atoms with van der Waals surface area (Å²) >= 11 is 1.36. The van der Waals surface area contributed by atoms with Gasteiger partial charge in [0.05, 0.1) is 16.2 Å². The van der Waals surface area contributed by atoms with E-state index in [0.717, 1.165) is 22.2 Å². The summed E-state index contributed by atoms with van der Waals surface area (Å²) < 4.78 is 1.71. The number of aryl methyl sites for hydroxylation is 1. The van der Waals surface area contributed by atoms with Gasteiger partial charge in [0.15, 0.2) is 10.8 Å². The molecule has 1 aliphatic rings. The fourth-order valence-electron chi connectivity index (χ4n) is 3.94. The van der Waals surface area contributed by atoms with Crippen LogP contribution in [0.25, 0.3) is 16.6 Å². The number of carbonyl (C=O) groups excluding carboxylic acids is 1. The van der Waals surface area contributed by atoms with Crippen LogP contribution in [0.2, 0.25) is 0 Å². The van der Waals surface area contributed by atoms with Crippen LogP contribution < -0.4 is 4.90 Å². The lowest BCUT2D eigenvalue weighted by molar-refractivity contribution is -0.384. The Morgan fingerprint density at radius 3 is 2.52 bits per heavy atom. The van der Waals surface area contributed by atoms with Crippen molar-refractivity contribution in [1.29, 1.82) is 0 Å². The van der Waals surface area contributed by atoms with E-state index in [9.17, 15) is 14.9 Å². The molecule has 2 aromatic carbocycles. The first kappa shape index (κ1) is 21.1. The van der Waals surface area contributed by atoms with Gasteiger partial charge in [0.1, 0.15) is 5.82 Å². The second-order valence-electron chi connectivity index (χ2n) is 7.74. The molecular weight excluding hydrogens is 442 g/mol. The molecule has 0 saturated carbocycles. The van der Waals surface area contributed by atoms with Gasteiger partial charge in [0, 0.05) is 49.4 Å². The van der Waals surface area contributed by atoms with Crippen LogP contribution in [0.1, 0.15) is 5.82 Å². The Hall–Kier alpha value is -3.73. The van der Waals surface area contributed by atoms with E-state index in [1.54, 1.807) is 16.6 Å². The van der Waals surface area contributed by atoms with E-state index in [1.807, 2.05) is 36.1 Å². The molecule has 1 aliphatic heterocycles. The Kier molecular flexibility index (Phi) is 5.55. The predicted molar refractivity (Wildman–Crippen MR) is 126 cm³/mol. The van der Waals surface area contributed by atoms with Crippen molar-refractivity contribution in [3.05, 3.63) is 64.5 Å². The number of hydrogen-bond donors (Lipinski definition) is 0. The molecule has 1 fully saturated rings. The summed E-state index contributed by atoms with van der Waals surface area (Å²) in [5.41, 5.74) is 2.56. The van der Waals surface area contributed by atoms with Crippen molar-refractivity contribution in [3.8, 4) is 0 Å². The van der Waals surface area contributed by atoms with Crippen molar-refractivity contribution >= 4 is 45.6 Å². The van der Waals surface area contributed by atoms with Crippen LogP contribution in [0, 0.1) is 17.0 Å². The summed E-state index contributed by atoms with van der Waals surface area (Å²) in [4.78, 5) is 36.5. The normalized spacial score (nSPS) is 14.2. The van der Waals surface area contributed by atoms with Gasteiger partial charge < -0.3 is 9.80 Å². The fourth-order valence-corrected chi connectivity index (χ4v) is 4.79. The summed E-state index contributed by atoms with van der Waals surface area (Å²) in [6.07, 6.45) is 0. The molecule has 0 atom stereocenters. The van der Waals surface area contributed by atoms with Gasteiger partial charge in [0.2, 0.25) is 5.91 Å². The van der Waals surface area contributed by atoms with Crippen LogP contribution >= 0.6 is 11.8 Å². The first-order valence-corrected chi connectivity index (χ1v) is 11.5. The van der Waals surface area contributed by atoms with Gasteiger partial charge in [0.25, 0.3) is 5.69 Å². The smallest absolute Gasteiger partial charge is 0.269 e. The molecule has 3 heterocycles. The minimum Gasteiger partial charge on any atom is -0.368 e. The van der Waals surface area contributed by atoms with Gasteiger partial charge in [-0.25, -0.2) is 9.97 Å². The van der Waals surface area contributed by atoms with Crippen LogP contribution in [0.5, 0.6) is 0 Å². The monoisotopic (exact) mass is 463 g/mol. The Labute approximate surface area is 193 Å². The van der Waals surface area contributed by atoms with E-state index in [4.69, 9.17) is 4.98 Å². The zero-order valence-corrected chi connectivity index (χ0v) is 18.7. The number of hydrogen-bond acceptors (Lipinski definition) is 8. The lowest BCUT2D eigenvalue weighted by atomic mass is 10.2. The number of rotatable bonds is 5. The minimum atomic E-state index is -0.406. The van der Waals surface area contributed by atoms with Crippen molar-refractivity contribution < 1.29 is 9.72 Å². The number of non-ortho nitro benzene ring substituents is 1. The second-order valence-corrected chi connectivity index (χ2v) is 8.68. The van der Waals surface area contributed by atoms with Crippen molar-refractivity contribution in [2.24, 2.45) is 0 Å². The molecule has 0 radical (unpaired) electrons. The molecule has 10 nitrogen and oxygen atoms in total. The second kappa shape index (κ2) is 8.66. The zero-order valence-electron chi connectivity index (χ0n) is 17.9. The molecule has 1 amide bonds. The summed E-state index contributed by atoms with van der Waals surface area (Å²) in [7, 11) is 0. The van der Waals surface area contributed by atoms with E-state index < -0.39 is 4.92 Å². The molecule has 168 valence electrons. The summed E-state index contributed by atoms with van der Waals surface area (Å²) in [5.74, 6) is 0.962. The first-order chi connectivity index (χ1) is 16.0. The largest absolute Gasteiger partial charge is 0.368 e. The van der Waals surface area contributed by atoms with Crippen molar-refractivity contribution in [2.75, 3.05) is 36.8 Å². The topological polar surface area (TPSA) is 110 Å². The molecule has 1 saturated heterocycles. The number of thioether (sulfide) groups is 1. The van der Waals surface area contributed by atoms with Gasteiger partial charge in [-0.3, -0.25) is 14.9 Å². The fraction of sp³-hybridized carbons (Fsp3) is 0.273. The molecule has 0 unspecified atom stereocenters. The lowest BCUT2D eigenvalue weighted by Crippen LogP contribution is -2.49. The molecule has 0 N–H and O–H groups in total. The Balaban J connectivity index is 1.24. The number of piperazine rings is 1. The summed E-state index contributed by atoms with van der Waals surface area (Å²) in [6, 6.07) is 14.3. The third kappa shape index (κ3) is 4.19. The first-order valence-electron chi connectivity index (χ1n) is 10.5. The van der Waals surface area contributed by atoms with Gasteiger partial charge >= 0.3 is 0 Å². The predicted octanol–water partition coefficient (Wildman–Crippen LogP) is 2.94. The van der Waals surface area contributed by atoms with Crippen molar-refractivity contribution in [2.45, 2.75) is 12.1 Å². The Morgan fingerprint density at radius 2 is 1.79 bits per heavy atom. The highest BCUT2D eigenvalue weighted by atomic mass is 32.2. The maximum atomic E-state index is 12.9. The van der Waals surface area contributed by atoms with Gasteiger partial charge in [-0.05, 0) is 31.2 Å². The zero-order chi connectivity index (χ0) is 22.9. The summed E-state index contributed by atoms with van der Waals surface area (Å²) in [6.45, 7) is 4.38. The maximum Gasteiger partial charge on any atom is 0.269 e. The average Bonchev–Trinajstić information content (AvgIpc) is 3.24. The molecule has 2 aromatic heterocycles. The Morgan fingerprint density at radius 1 is 1.06 bits per heavy atom. The molecule has 5 rings (SSSR count). The molecule has 11 heteroatoms. The lowest BCUT2D eigenvalue weighted by Gasteiger charge is -2.36. The highest BCUT2D eigenvalue weighted by Gasteiger charge is 2.23. The standard InChI is InChI=1S/C22H21N7O3S/c1-15-23-21-18-4-2-3-5-19(18)24-22(28(21)25-15)33-14-20(30)27-12-10-26(11-13-27)16-6-8-17(9-7-16)29(31)32/h2-9H,10-14H2,1H3. The number of aromatic nitrogens is 4. The SMILES string of the molecule is Cc1nc2c3ccccc3nc(SCC(=O)N3CCN(c4ccc([N+](=O)[O-])cc4)CC3)n2n1. The number of amides is 1. The number of nitro benzene ring substituents is 1. The van der Waals surface area contributed by atoms with Crippen LogP contribution in [0.4, 0.5) is 11.4 Å². The number of fused-ring (bicyclic) bond motifs is 3. The molecule has 4 aromatic rings. The number of carbonyl (C=O) groups is 1. The van der Waals surface area contributed by atoms with Crippen LogP contribution in [-0.2, 0) is 4.79 Å². The number of anilines is 1. The van der Waals surface area contributed by atoms with E-state index >= 15 is 0 Å².